The van der Waals surface area contributed by atoms with Gasteiger partial charge in [-0.3, -0.25) is 0 Å². The number of nitrogens with one attached hydrogen (secondary N) is 1. The fraction of sp³-hybridized carbons (Fsp3) is 0.812. The summed E-state index contributed by atoms with van der Waals surface area (Å²) in [6.45, 7) is 6.34. The van der Waals surface area contributed by atoms with Crippen LogP contribution in [0.5, 0.6) is 5.88 Å². The van der Waals surface area contributed by atoms with Crippen molar-refractivity contribution in [3.8, 4) is 5.88 Å². The Balaban J connectivity index is 1.79. The van der Waals surface area contributed by atoms with Crippen LogP contribution in [0.3, 0.4) is 0 Å². The van der Waals surface area contributed by atoms with Crippen LogP contribution in [0, 0.1) is 18.8 Å². The van der Waals surface area contributed by atoms with Crippen molar-refractivity contribution in [3.63, 3.8) is 0 Å². The predicted molar refractivity (Wildman–Crippen MR) is 81.9 cm³/mol. The number of nitrogens with zero attached hydrogens (tertiary/aromatic N) is 2. The van der Waals surface area contributed by atoms with Gasteiger partial charge in [-0.05, 0) is 38.1 Å². The minimum atomic E-state index is 0.848. The van der Waals surface area contributed by atoms with E-state index < -0.39 is 0 Å². The van der Waals surface area contributed by atoms with Crippen molar-refractivity contribution in [2.24, 2.45) is 18.9 Å². The highest BCUT2D eigenvalue weighted by Gasteiger charge is 2.20. The maximum atomic E-state index is 5.43. The second-order valence-corrected chi connectivity index (χ2v) is 6.12. The zero-order chi connectivity index (χ0) is 14.5. The summed E-state index contributed by atoms with van der Waals surface area (Å²) in [4.78, 5) is 0. The molecule has 0 spiro atoms. The first-order valence-electron chi connectivity index (χ1n) is 7.92. The van der Waals surface area contributed by atoms with Gasteiger partial charge in [-0.1, -0.05) is 26.2 Å². The first-order valence-corrected chi connectivity index (χ1v) is 7.92. The van der Waals surface area contributed by atoms with E-state index in [0.717, 1.165) is 36.5 Å². The van der Waals surface area contributed by atoms with E-state index in [1.165, 1.54) is 37.7 Å². The Labute approximate surface area is 122 Å². The average molecular weight is 279 g/mol. The molecule has 1 aromatic rings. The van der Waals surface area contributed by atoms with Gasteiger partial charge in [-0.15, -0.1) is 0 Å². The Kier molecular flexibility index (Phi) is 5.46. The van der Waals surface area contributed by atoms with Crippen LogP contribution < -0.4 is 10.1 Å². The fourth-order valence-corrected chi connectivity index (χ4v) is 3.38. The number of rotatable bonds is 6. The van der Waals surface area contributed by atoms with E-state index in [4.69, 9.17) is 4.74 Å². The second kappa shape index (κ2) is 7.11. The lowest BCUT2D eigenvalue weighted by Crippen LogP contribution is -2.26. The van der Waals surface area contributed by atoms with Gasteiger partial charge in [0.1, 0.15) is 0 Å². The molecule has 1 aliphatic carbocycles. The Morgan fingerprint density at radius 1 is 1.25 bits per heavy atom. The van der Waals surface area contributed by atoms with Gasteiger partial charge in [0.15, 0.2) is 0 Å². The molecule has 0 radical (unpaired) electrons. The number of methoxy groups -OCH3 is 1. The van der Waals surface area contributed by atoms with Gasteiger partial charge < -0.3 is 10.1 Å². The van der Waals surface area contributed by atoms with E-state index in [0.29, 0.717) is 0 Å². The Morgan fingerprint density at radius 3 is 2.50 bits per heavy atom. The molecule has 1 heterocycles. The normalized spacial score (nSPS) is 23.0. The monoisotopic (exact) mass is 279 g/mol. The van der Waals surface area contributed by atoms with Crippen molar-refractivity contribution in [2.75, 3.05) is 13.7 Å². The van der Waals surface area contributed by atoms with Gasteiger partial charge >= 0.3 is 0 Å². The van der Waals surface area contributed by atoms with E-state index in [-0.39, 0.29) is 0 Å². The number of aromatic nitrogens is 2. The highest BCUT2D eigenvalue weighted by Crippen LogP contribution is 2.30. The van der Waals surface area contributed by atoms with Gasteiger partial charge in [-0.2, -0.15) is 5.10 Å². The van der Waals surface area contributed by atoms with Crippen LogP contribution in [0.25, 0.3) is 0 Å². The quantitative estimate of drug-likeness (QED) is 0.870. The lowest BCUT2D eigenvalue weighted by Gasteiger charge is -2.27. The molecular formula is C16H29N3O. The van der Waals surface area contributed by atoms with E-state index in [2.05, 4.69) is 17.3 Å². The third kappa shape index (κ3) is 3.54. The average Bonchev–Trinajstić information content (AvgIpc) is 2.73. The summed E-state index contributed by atoms with van der Waals surface area (Å²) < 4.78 is 7.25. The highest BCUT2D eigenvalue weighted by molar-refractivity contribution is 5.30. The standard InChI is InChI=1S/C16H29N3O/c1-5-13-6-8-14(9-7-13)10-17-11-15-12(2)18-19(3)16(15)20-4/h13-14,17H,5-11H2,1-4H3. The van der Waals surface area contributed by atoms with Crippen molar-refractivity contribution in [1.82, 2.24) is 15.1 Å². The van der Waals surface area contributed by atoms with E-state index in [9.17, 15) is 0 Å². The van der Waals surface area contributed by atoms with Crippen LogP contribution in [0.15, 0.2) is 0 Å². The molecule has 0 amide bonds. The van der Waals surface area contributed by atoms with Gasteiger partial charge in [0.2, 0.25) is 5.88 Å². The molecule has 114 valence electrons. The molecular weight excluding hydrogens is 250 g/mol. The molecule has 1 fully saturated rings. The molecule has 0 aromatic carbocycles. The van der Waals surface area contributed by atoms with Gasteiger partial charge in [0.25, 0.3) is 0 Å². The predicted octanol–water partition coefficient (Wildman–Crippen LogP) is 3.04. The molecule has 0 saturated heterocycles. The van der Waals surface area contributed by atoms with Crippen LogP contribution in [-0.4, -0.2) is 23.4 Å². The van der Waals surface area contributed by atoms with Crippen LogP contribution in [-0.2, 0) is 13.6 Å². The van der Waals surface area contributed by atoms with Crippen molar-refractivity contribution >= 4 is 0 Å². The summed E-state index contributed by atoms with van der Waals surface area (Å²) in [6.07, 6.45) is 6.95. The number of hydrogen-bond acceptors (Lipinski definition) is 3. The Bertz CT molecular complexity index is 420. The molecule has 1 aliphatic rings. The van der Waals surface area contributed by atoms with E-state index in [1.54, 1.807) is 7.11 Å². The molecule has 4 nitrogen and oxygen atoms in total. The summed E-state index contributed by atoms with van der Waals surface area (Å²) in [6, 6.07) is 0. The van der Waals surface area contributed by atoms with Crippen molar-refractivity contribution in [3.05, 3.63) is 11.3 Å². The molecule has 1 saturated carbocycles. The molecule has 0 bridgehead atoms. The number of aryl methyl sites for hydroxylation is 2. The third-order valence-corrected chi connectivity index (χ3v) is 4.76. The Hall–Kier alpha value is -1.03. The van der Waals surface area contributed by atoms with Gasteiger partial charge in [0.05, 0.1) is 18.4 Å². The van der Waals surface area contributed by atoms with Crippen molar-refractivity contribution < 1.29 is 4.74 Å². The molecule has 1 aromatic heterocycles. The first kappa shape index (κ1) is 15.4. The fourth-order valence-electron chi connectivity index (χ4n) is 3.38. The second-order valence-electron chi connectivity index (χ2n) is 6.12. The van der Waals surface area contributed by atoms with Gasteiger partial charge in [0, 0.05) is 13.6 Å². The summed E-state index contributed by atoms with van der Waals surface area (Å²) >= 11 is 0. The third-order valence-electron chi connectivity index (χ3n) is 4.76. The van der Waals surface area contributed by atoms with Crippen LogP contribution in [0.1, 0.15) is 50.3 Å². The lowest BCUT2D eigenvalue weighted by molar-refractivity contribution is 0.262. The molecule has 4 heteroatoms. The van der Waals surface area contributed by atoms with Crippen LogP contribution >= 0.6 is 0 Å². The van der Waals surface area contributed by atoms with E-state index >= 15 is 0 Å². The molecule has 0 aliphatic heterocycles. The summed E-state index contributed by atoms with van der Waals surface area (Å²) in [5.41, 5.74) is 2.25. The summed E-state index contributed by atoms with van der Waals surface area (Å²) in [7, 11) is 3.65. The molecule has 20 heavy (non-hydrogen) atoms. The van der Waals surface area contributed by atoms with Gasteiger partial charge in [-0.25, -0.2) is 4.68 Å². The zero-order valence-electron chi connectivity index (χ0n) is 13.4. The van der Waals surface area contributed by atoms with Crippen LogP contribution in [0.2, 0.25) is 0 Å². The van der Waals surface area contributed by atoms with E-state index in [1.807, 2.05) is 18.7 Å². The highest BCUT2D eigenvalue weighted by atomic mass is 16.5. The molecule has 0 unspecified atom stereocenters. The topological polar surface area (TPSA) is 39.1 Å². The molecule has 1 N–H and O–H groups in total. The summed E-state index contributed by atoms with van der Waals surface area (Å²) in [5, 5.41) is 8.02. The first-order chi connectivity index (χ1) is 9.65. The minimum absolute atomic E-state index is 0.848. The largest absolute Gasteiger partial charge is 0.481 e. The van der Waals surface area contributed by atoms with Crippen LogP contribution in [0.4, 0.5) is 0 Å². The maximum absolute atomic E-state index is 5.43. The zero-order valence-corrected chi connectivity index (χ0v) is 13.4. The molecule has 2 rings (SSSR count). The lowest BCUT2D eigenvalue weighted by atomic mass is 9.81. The molecule has 0 atom stereocenters. The minimum Gasteiger partial charge on any atom is -0.481 e. The summed E-state index contributed by atoms with van der Waals surface area (Å²) in [5.74, 6) is 2.71. The maximum Gasteiger partial charge on any atom is 0.216 e. The number of ether oxygens (including phenoxy) is 1. The number of hydrogen-bond donors (Lipinski definition) is 1. The smallest absolute Gasteiger partial charge is 0.216 e. The SMILES string of the molecule is CCC1CCC(CNCc2c(C)nn(C)c2OC)CC1. The Morgan fingerprint density at radius 2 is 1.90 bits per heavy atom. The van der Waals surface area contributed by atoms with Crippen molar-refractivity contribution in [2.45, 2.75) is 52.5 Å². The van der Waals surface area contributed by atoms with Crippen molar-refractivity contribution in [1.29, 1.82) is 0 Å².